The lowest BCUT2D eigenvalue weighted by atomic mass is 9.95. The van der Waals surface area contributed by atoms with Crippen molar-refractivity contribution in [3.05, 3.63) is 115 Å². The minimum Gasteiger partial charge on any atom is -0.335 e. The largest absolute Gasteiger partial charge is 0.335 e. The fourth-order valence-electron chi connectivity index (χ4n) is 3.62. The summed E-state index contributed by atoms with van der Waals surface area (Å²) in [7, 11) is -9.28. The molecule has 0 saturated heterocycles. The molecule has 0 heterocycles. The summed E-state index contributed by atoms with van der Waals surface area (Å²) < 4.78 is 55.8. The first-order valence-corrected chi connectivity index (χ1v) is 15.5. The molecule has 11 heteroatoms. The first kappa shape index (κ1) is 29.8. The summed E-state index contributed by atoms with van der Waals surface area (Å²) in [5, 5.41) is 2.74. The highest BCUT2D eigenvalue weighted by Gasteiger charge is 2.37. The zero-order chi connectivity index (χ0) is 29.7. The summed E-state index contributed by atoms with van der Waals surface area (Å²) in [6, 6.07) is 27.5. The minimum absolute atomic E-state index is 0.0338. The highest BCUT2D eigenvalue weighted by atomic mass is 32.3. The van der Waals surface area contributed by atoms with E-state index in [1.807, 2.05) is 30.3 Å². The van der Waals surface area contributed by atoms with Crippen LogP contribution in [0.5, 0.6) is 5.75 Å². The Bertz CT molecular complexity index is 1640. The van der Waals surface area contributed by atoms with Crippen LogP contribution in [-0.2, 0) is 36.3 Å². The number of anilines is 2. The second kappa shape index (κ2) is 12.1. The molecule has 4 aromatic carbocycles. The number of nitrogens with one attached hydrogen (secondary N) is 1. The van der Waals surface area contributed by atoms with Crippen LogP contribution in [0.4, 0.5) is 11.4 Å². The predicted molar refractivity (Wildman–Crippen MR) is 156 cm³/mol. The van der Waals surface area contributed by atoms with E-state index < -0.39 is 25.5 Å². The Morgan fingerprint density at radius 1 is 0.732 bits per heavy atom. The normalized spacial score (nSPS) is 12.0. The Morgan fingerprint density at radius 3 is 1.71 bits per heavy atom. The first-order valence-electron chi connectivity index (χ1n) is 12.6. The summed E-state index contributed by atoms with van der Waals surface area (Å²) in [5.41, 5.74) is -0.0512. The van der Waals surface area contributed by atoms with E-state index in [0.29, 0.717) is 3.71 Å². The van der Waals surface area contributed by atoms with Crippen molar-refractivity contribution < 1.29 is 31.4 Å². The molecule has 0 unspecified atom stereocenters. The lowest BCUT2D eigenvalue weighted by molar-refractivity contribution is -0.217. The van der Waals surface area contributed by atoms with Gasteiger partial charge in [0.15, 0.2) is 5.75 Å². The van der Waals surface area contributed by atoms with Gasteiger partial charge in [-0.3, -0.25) is 4.79 Å². The smallest absolute Gasteiger partial charge is 0.277 e. The van der Waals surface area contributed by atoms with E-state index in [-0.39, 0.29) is 39.4 Å². The molecule has 0 radical (unpaired) electrons. The van der Waals surface area contributed by atoms with Crippen LogP contribution >= 0.6 is 0 Å². The second-order valence-corrected chi connectivity index (χ2v) is 13.9. The van der Waals surface area contributed by atoms with Crippen molar-refractivity contribution in [2.45, 2.75) is 37.2 Å². The molecule has 0 aliphatic heterocycles. The molecule has 0 bridgehead atoms. The van der Waals surface area contributed by atoms with Gasteiger partial charge in [-0.25, -0.2) is 16.8 Å². The average Bonchev–Trinajstić information content (AvgIpc) is 2.95. The highest BCUT2D eigenvalue weighted by molar-refractivity contribution is 8.10. The molecule has 0 aromatic heterocycles. The molecule has 9 nitrogen and oxygen atoms in total. The molecule has 0 aliphatic carbocycles. The van der Waals surface area contributed by atoms with Crippen LogP contribution in [-0.4, -0.2) is 22.7 Å². The maximum atomic E-state index is 13.9. The molecule has 0 saturated carbocycles. The van der Waals surface area contributed by atoms with Gasteiger partial charge < -0.3 is 10.2 Å². The number of hydrogen-bond donors (Lipinski definition) is 1. The van der Waals surface area contributed by atoms with Crippen LogP contribution in [0.1, 0.15) is 26.3 Å². The van der Waals surface area contributed by atoms with Crippen LogP contribution in [0.15, 0.2) is 119 Å². The van der Waals surface area contributed by atoms with Gasteiger partial charge in [0.1, 0.15) is 6.61 Å². The Kier molecular flexibility index (Phi) is 8.81. The van der Waals surface area contributed by atoms with Gasteiger partial charge in [0.05, 0.1) is 21.2 Å². The number of nitrogens with zero attached hydrogens (tertiary/aromatic N) is 1. The van der Waals surface area contributed by atoms with Crippen LogP contribution in [0.2, 0.25) is 0 Å². The summed E-state index contributed by atoms with van der Waals surface area (Å²) in [5.74, 6) is -0.434. The van der Waals surface area contributed by atoms with Gasteiger partial charge in [0, 0.05) is 11.5 Å². The third kappa shape index (κ3) is 6.94. The molecular weight excluding hydrogens is 564 g/mol. The van der Waals surface area contributed by atoms with Crippen molar-refractivity contribution in [3.63, 3.8) is 0 Å². The lowest BCUT2D eigenvalue weighted by Crippen LogP contribution is -2.37. The number of sulfonamides is 2. The molecule has 0 spiro atoms. The van der Waals surface area contributed by atoms with E-state index in [9.17, 15) is 21.6 Å². The molecule has 0 atom stereocenters. The summed E-state index contributed by atoms with van der Waals surface area (Å²) in [6.45, 7) is 5.21. The summed E-state index contributed by atoms with van der Waals surface area (Å²) in [6.07, 6.45) is 0. The Labute approximate surface area is 240 Å². The van der Waals surface area contributed by atoms with Gasteiger partial charge in [0.2, 0.25) is 5.91 Å². The molecule has 0 aliphatic rings. The monoisotopic (exact) mass is 594 g/mol. The number of hydrogen-bond acceptors (Lipinski definition) is 7. The fraction of sp³-hybridized carbons (Fsp3) is 0.167. The maximum Gasteiger partial charge on any atom is 0.277 e. The first-order chi connectivity index (χ1) is 19.4. The van der Waals surface area contributed by atoms with Crippen LogP contribution in [0.25, 0.3) is 0 Å². The number of carbonyl (C=O) groups is 1. The van der Waals surface area contributed by atoms with Crippen molar-refractivity contribution >= 4 is 37.3 Å². The lowest BCUT2D eigenvalue weighted by Gasteiger charge is -2.25. The van der Waals surface area contributed by atoms with Crippen LogP contribution in [0.3, 0.4) is 0 Å². The Hall–Kier alpha value is -4.19. The van der Waals surface area contributed by atoms with Gasteiger partial charge in [0.25, 0.3) is 20.0 Å². The van der Waals surface area contributed by atoms with E-state index in [4.69, 9.17) is 9.78 Å². The van der Waals surface area contributed by atoms with E-state index in [2.05, 4.69) is 5.32 Å². The molecule has 1 amide bonds. The van der Waals surface area contributed by atoms with E-state index in [1.165, 1.54) is 66.7 Å². The SMILES string of the molecule is CC(C)(C)C(=O)Nc1ccc(N(S(=O)(=O)c2ccccc2)S(=O)(=O)c2ccccc2)cc1OOCc1ccccc1. The average molecular weight is 595 g/mol. The summed E-state index contributed by atoms with van der Waals surface area (Å²) >= 11 is 0. The number of benzene rings is 4. The minimum atomic E-state index is -4.64. The van der Waals surface area contributed by atoms with Crippen LogP contribution < -0.4 is 13.9 Å². The standard InChI is InChI=1S/C30H30N2O7S2/c1-30(2,3)29(33)31-27-20-19-24(21-28(27)39-38-22-23-13-7-4-8-14-23)32(40(34,35)25-15-9-5-10-16-25)41(36,37)26-17-11-6-12-18-26/h4-21H,22H2,1-3H3,(H,31,33). The molecule has 214 valence electrons. The van der Waals surface area contributed by atoms with Crippen molar-refractivity contribution in [2.75, 3.05) is 9.03 Å². The van der Waals surface area contributed by atoms with E-state index in [0.717, 1.165) is 5.56 Å². The quantitative estimate of drug-likeness (QED) is 0.183. The predicted octanol–water partition coefficient (Wildman–Crippen LogP) is 5.77. The second-order valence-electron chi connectivity index (χ2n) is 10.0. The van der Waals surface area contributed by atoms with Crippen molar-refractivity contribution in [1.29, 1.82) is 0 Å². The van der Waals surface area contributed by atoms with Crippen molar-refractivity contribution in [3.8, 4) is 5.75 Å². The third-order valence-electron chi connectivity index (χ3n) is 5.84. The fourth-order valence-corrected chi connectivity index (χ4v) is 7.34. The van der Waals surface area contributed by atoms with Gasteiger partial charge in [-0.05, 0) is 42.0 Å². The number of carbonyl (C=O) groups excluding carboxylic acids is 1. The van der Waals surface area contributed by atoms with Crippen molar-refractivity contribution in [1.82, 2.24) is 0 Å². The molecule has 4 aromatic rings. The molecule has 0 fully saturated rings. The number of rotatable bonds is 10. The zero-order valence-electron chi connectivity index (χ0n) is 22.7. The maximum absolute atomic E-state index is 13.9. The zero-order valence-corrected chi connectivity index (χ0v) is 24.4. The Balaban J connectivity index is 1.83. The topological polar surface area (TPSA) is 119 Å². The van der Waals surface area contributed by atoms with E-state index in [1.54, 1.807) is 32.9 Å². The summed E-state index contributed by atoms with van der Waals surface area (Å²) in [4.78, 5) is 23.3. The van der Waals surface area contributed by atoms with Gasteiger partial charge in [-0.15, -0.1) is 0 Å². The van der Waals surface area contributed by atoms with Crippen LogP contribution in [0, 0.1) is 5.41 Å². The van der Waals surface area contributed by atoms with Gasteiger partial charge in [-0.2, -0.15) is 8.60 Å². The number of amides is 1. The third-order valence-corrected chi connectivity index (χ3v) is 10.0. The highest BCUT2D eigenvalue weighted by Crippen LogP contribution is 2.37. The Morgan fingerprint density at radius 2 is 1.22 bits per heavy atom. The molecular formula is C30H30N2O7S2. The molecule has 4 rings (SSSR count). The molecule has 41 heavy (non-hydrogen) atoms. The molecule has 1 N–H and O–H groups in total. The van der Waals surface area contributed by atoms with E-state index >= 15 is 0 Å². The van der Waals surface area contributed by atoms with Gasteiger partial charge in [-0.1, -0.05) is 87.5 Å². The van der Waals surface area contributed by atoms with Gasteiger partial charge >= 0.3 is 0 Å². The van der Waals surface area contributed by atoms with Crippen molar-refractivity contribution in [2.24, 2.45) is 5.41 Å².